The molecule has 1 atom stereocenters. The van der Waals surface area contributed by atoms with E-state index in [0.29, 0.717) is 0 Å². The van der Waals surface area contributed by atoms with Crippen LogP contribution < -0.4 is 5.32 Å². The summed E-state index contributed by atoms with van der Waals surface area (Å²) in [5.41, 5.74) is 2.06. The Labute approximate surface area is 135 Å². The lowest BCUT2D eigenvalue weighted by Crippen LogP contribution is -2.33. The predicted molar refractivity (Wildman–Crippen MR) is 92.0 cm³/mol. The van der Waals surface area contributed by atoms with Crippen LogP contribution in [0, 0.1) is 5.92 Å². The molecule has 1 saturated heterocycles. The summed E-state index contributed by atoms with van der Waals surface area (Å²) in [5.74, 6) is 0.909. The summed E-state index contributed by atoms with van der Waals surface area (Å²) >= 11 is 0. The average Bonchev–Trinajstić information content (AvgIpc) is 2.50. The highest BCUT2D eigenvalue weighted by Crippen LogP contribution is 2.18. The Morgan fingerprint density at radius 2 is 1.91 bits per heavy atom. The number of carbonyl (C=O) groups is 1. The van der Waals surface area contributed by atoms with Crippen molar-refractivity contribution in [2.75, 3.05) is 13.1 Å². The molecule has 3 nitrogen and oxygen atoms in total. The molecule has 0 radical (unpaired) electrons. The second kappa shape index (κ2) is 8.33. The zero-order chi connectivity index (χ0) is 15.9. The van der Waals surface area contributed by atoms with Gasteiger partial charge in [0.25, 0.3) is 5.91 Å². The molecule has 22 heavy (non-hydrogen) atoms. The van der Waals surface area contributed by atoms with Gasteiger partial charge in [0.05, 0.1) is 0 Å². The predicted octanol–water partition coefficient (Wildman–Crippen LogP) is 3.84. The van der Waals surface area contributed by atoms with Gasteiger partial charge in [-0.05, 0) is 62.9 Å². The van der Waals surface area contributed by atoms with Crippen LogP contribution in [-0.4, -0.2) is 29.9 Å². The van der Waals surface area contributed by atoms with E-state index in [9.17, 15) is 4.79 Å². The van der Waals surface area contributed by atoms with E-state index < -0.39 is 0 Å². The number of amides is 1. The lowest BCUT2D eigenvalue weighted by Gasteiger charge is -2.30. The Morgan fingerprint density at radius 3 is 2.50 bits per heavy atom. The quantitative estimate of drug-likeness (QED) is 0.866. The molecule has 0 saturated carbocycles. The maximum Gasteiger partial charge on any atom is 0.251 e. The van der Waals surface area contributed by atoms with Crippen LogP contribution in [0.25, 0.3) is 0 Å². The molecule has 1 aromatic rings. The third-order valence-electron chi connectivity index (χ3n) is 4.60. The van der Waals surface area contributed by atoms with E-state index in [-0.39, 0.29) is 11.9 Å². The molecule has 0 aliphatic carbocycles. The third-order valence-corrected chi connectivity index (χ3v) is 4.60. The number of hydrogen-bond donors (Lipinski definition) is 1. The van der Waals surface area contributed by atoms with Crippen LogP contribution in [0.15, 0.2) is 24.3 Å². The van der Waals surface area contributed by atoms with Gasteiger partial charge in [0, 0.05) is 18.2 Å². The lowest BCUT2D eigenvalue weighted by atomic mass is 9.99. The number of hydrogen-bond acceptors (Lipinski definition) is 2. The zero-order valence-electron chi connectivity index (χ0n) is 14.3. The minimum atomic E-state index is 0.0410. The summed E-state index contributed by atoms with van der Waals surface area (Å²) < 4.78 is 0. The summed E-state index contributed by atoms with van der Waals surface area (Å²) in [5, 5.41) is 3.05. The largest absolute Gasteiger partial charge is 0.350 e. The molecule has 0 bridgehead atoms. The van der Waals surface area contributed by atoms with Crippen molar-refractivity contribution in [1.29, 1.82) is 0 Å². The van der Waals surface area contributed by atoms with Crippen molar-refractivity contribution in [2.24, 2.45) is 5.92 Å². The van der Waals surface area contributed by atoms with Crippen LogP contribution in [-0.2, 0) is 6.54 Å². The van der Waals surface area contributed by atoms with Gasteiger partial charge in [-0.25, -0.2) is 0 Å². The van der Waals surface area contributed by atoms with Gasteiger partial charge >= 0.3 is 0 Å². The van der Waals surface area contributed by atoms with Crippen molar-refractivity contribution < 1.29 is 4.79 Å². The van der Waals surface area contributed by atoms with E-state index in [4.69, 9.17) is 0 Å². The molecule has 3 heteroatoms. The Kier molecular flexibility index (Phi) is 6.44. The molecule has 2 rings (SSSR count). The van der Waals surface area contributed by atoms with E-state index in [1.54, 1.807) is 0 Å². The maximum atomic E-state index is 12.1. The van der Waals surface area contributed by atoms with Crippen molar-refractivity contribution >= 4 is 5.91 Å². The molecule has 1 amide bonds. The highest BCUT2D eigenvalue weighted by molar-refractivity contribution is 5.94. The number of nitrogens with zero attached hydrogens (tertiary/aromatic N) is 1. The van der Waals surface area contributed by atoms with Gasteiger partial charge in [0.2, 0.25) is 0 Å². The Bertz CT molecular complexity index is 461. The molecule has 1 aromatic carbocycles. The lowest BCUT2D eigenvalue weighted by molar-refractivity contribution is 0.0938. The number of benzene rings is 1. The van der Waals surface area contributed by atoms with Crippen molar-refractivity contribution in [1.82, 2.24) is 10.2 Å². The molecule has 0 aromatic heterocycles. The smallest absolute Gasteiger partial charge is 0.251 e. The molecule has 0 spiro atoms. The molecule has 1 heterocycles. The first-order chi connectivity index (χ1) is 10.6. The molecular formula is C19H30N2O. The van der Waals surface area contributed by atoms with E-state index >= 15 is 0 Å². The van der Waals surface area contributed by atoms with Crippen LogP contribution in [0.2, 0.25) is 0 Å². The maximum absolute atomic E-state index is 12.1. The van der Waals surface area contributed by atoms with E-state index in [1.807, 2.05) is 12.1 Å². The van der Waals surface area contributed by atoms with Gasteiger partial charge in [-0.15, -0.1) is 0 Å². The number of rotatable bonds is 6. The standard InChI is InChI=1S/C19H30N2O/c1-4-5-16(3)20-19(22)18-8-6-17(7-9-18)14-21-12-10-15(2)11-13-21/h6-9,15-16H,4-5,10-14H2,1-3H3,(H,20,22)/t16-/m1/s1. The fraction of sp³-hybridized carbons (Fsp3) is 0.632. The Morgan fingerprint density at radius 1 is 1.27 bits per heavy atom. The first-order valence-electron chi connectivity index (χ1n) is 8.70. The fourth-order valence-electron chi connectivity index (χ4n) is 3.05. The van der Waals surface area contributed by atoms with Gasteiger partial charge in [-0.2, -0.15) is 0 Å². The number of likely N-dealkylation sites (tertiary alicyclic amines) is 1. The molecule has 0 unspecified atom stereocenters. The van der Waals surface area contributed by atoms with Crippen molar-refractivity contribution in [3.63, 3.8) is 0 Å². The van der Waals surface area contributed by atoms with Crippen molar-refractivity contribution in [3.05, 3.63) is 35.4 Å². The van der Waals surface area contributed by atoms with E-state index in [0.717, 1.165) is 30.9 Å². The van der Waals surface area contributed by atoms with Crippen molar-refractivity contribution in [3.8, 4) is 0 Å². The van der Waals surface area contributed by atoms with Crippen LogP contribution >= 0.6 is 0 Å². The van der Waals surface area contributed by atoms with Crippen LogP contribution in [0.3, 0.4) is 0 Å². The summed E-state index contributed by atoms with van der Waals surface area (Å²) in [6, 6.07) is 8.34. The Balaban J connectivity index is 1.85. The monoisotopic (exact) mass is 302 g/mol. The van der Waals surface area contributed by atoms with Crippen LogP contribution in [0.1, 0.15) is 62.4 Å². The normalized spacial score (nSPS) is 18.1. The number of nitrogens with one attached hydrogen (secondary N) is 1. The molecule has 122 valence electrons. The summed E-state index contributed by atoms with van der Waals surface area (Å²) in [7, 11) is 0. The average molecular weight is 302 g/mol. The topological polar surface area (TPSA) is 32.3 Å². The first kappa shape index (κ1) is 17.0. The Hall–Kier alpha value is -1.35. The molecular weight excluding hydrogens is 272 g/mol. The zero-order valence-corrected chi connectivity index (χ0v) is 14.3. The highest BCUT2D eigenvalue weighted by atomic mass is 16.1. The molecule has 1 aliphatic heterocycles. The second-order valence-corrected chi connectivity index (χ2v) is 6.82. The third kappa shape index (κ3) is 5.13. The SMILES string of the molecule is CCC[C@@H](C)NC(=O)c1ccc(CN2CCC(C)CC2)cc1. The summed E-state index contributed by atoms with van der Waals surface area (Å²) in [4.78, 5) is 14.7. The van der Waals surface area contributed by atoms with Gasteiger partial charge in [-0.1, -0.05) is 32.4 Å². The van der Waals surface area contributed by atoms with E-state index in [2.05, 4.69) is 43.1 Å². The van der Waals surface area contributed by atoms with Crippen LogP contribution in [0.4, 0.5) is 0 Å². The van der Waals surface area contributed by atoms with Gasteiger partial charge in [-0.3, -0.25) is 9.69 Å². The van der Waals surface area contributed by atoms with Crippen LogP contribution in [0.5, 0.6) is 0 Å². The summed E-state index contributed by atoms with van der Waals surface area (Å²) in [6.45, 7) is 9.92. The van der Waals surface area contributed by atoms with Gasteiger partial charge < -0.3 is 5.32 Å². The molecule has 1 fully saturated rings. The summed E-state index contributed by atoms with van der Waals surface area (Å²) in [6.07, 6.45) is 4.72. The van der Waals surface area contributed by atoms with Crippen molar-refractivity contribution in [2.45, 2.75) is 59.0 Å². The highest BCUT2D eigenvalue weighted by Gasteiger charge is 2.16. The van der Waals surface area contributed by atoms with E-state index in [1.165, 1.54) is 31.5 Å². The second-order valence-electron chi connectivity index (χ2n) is 6.82. The first-order valence-corrected chi connectivity index (χ1v) is 8.70. The number of carbonyl (C=O) groups excluding carboxylic acids is 1. The minimum absolute atomic E-state index is 0.0410. The fourth-order valence-corrected chi connectivity index (χ4v) is 3.05. The molecule has 1 N–H and O–H groups in total. The molecule has 1 aliphatic rings. The van der Waals surface area contributed by atoms with Gasteiger partial charge in [0.1, 0.15) is 0 Å². The minimum Gasteiger partial charge on any atom is -0.350 e. The number of piperidine rings is 1. The van der Waals surface area contributed by atoms with Gasteiger partial charge in [0.15, 0.2) is 0 Å².